The van der Waals surface area contributed by atoms with E-state index in [-0.39, 0.29) is 0 Å². The maximum absolute atomic E-state index is 4.58. The van der Waals surface area contributed by atoms with Crippen molar-refractivity contribution in [1.82, 2.24) is 14.9 Å². The molecule has 1 aromatic carbocycles. The molecular weight excluding hydrogens is 212 g/mol. The molecule has 0 aliphatic carbocycles. The van der Waals surface area contributed by atoms with Crippen LogP contribution in [-0.2, 0) is 7.05 Å². The summed E-state index contributed by atoms with van der Waals surface area (Å²) in [7, 11) is 4.21. The number of hydrogen-bond donors (Lipinski definition) is 1. The molecule has 1 aromatic heterocycles. The number of nitrogens with one attached hydrogen (secondary N) is 1. The Hall–Kier alpha value is -1.55. The van der Waals surface area contributed by atoms with Crippen molar-refractivity contribution in [3.05, 3.63) is 24.0 Å². The van der Waals surface area contributed by atoms with Gasteiger partial charge in [-0.1, -0.05) is 0 Å². The van der Waals surface area contributed by atoms with Crippen LogP contribution >= 0.6 is 0 Å². The molecule has 0 saturated carbocycles. The topological polar surface area (TPSA) is 33.1 Å². The van der Waals surface area contributed by atoms with E-state index < -0.39 is 0 Å². The molecule has 4 heteroatoms. The summed E-state index contributed by atoms with van der Waals surface area (Å²) >= 11 is 0. The van der Waals surface area contributed by atoms with Crippen LogP contribution in [0.5, 0.6) is 0 Å². The third-order valence-corrected chi connectivity index (χ3v) is 3.80. The first-order chi connectivity index (χ1) is 8.16. The molecule has 90 valence electrons. The second-order valence-corrected chi connectivity index (χ2v) is 4.81. The summed E-state index contributed by atoms with van der Waals surface area (Å²) in [5, 5.41) is 3.30. The van der Waals surface area contributed by atoms with E-state index in [0.717, 1.165) is 24.4 Å². The maximum Gasteiger partial charge on any atom is 0.106 e. The Kier molecular flexibility index (Phi) is 2.33. The second kappa shape index (κ2) is 3.74. The van der Waals surface area contributed by atoms with Gasteiger partial charge in [0.15, 0.2) is 0 Å². The monoisotopic (exact) mass is 230 g/mol. The number of fused-ring (bicyclic) bond motifs is 1. The Labute approximate surface area is 101 Å². The van der Waals surface area contributed by atoms with Crippen molar-refractivity contribution in [2.24, 2.45) is 7.05 Å². The molecule has 0 bridgehead atoms. The molecule has 3 rings (SSSR count). The van der Waals surface area contributed by atoms with Crippen LogP contribution < -0.4 is 10.2 Å². The minimum atomic E-state index is 0.622. The Morgan fingerprint density at radius 2 is 2.18 bits per heavy atom. The van der Waals surface area contributed by atoms with Crippen molar-refractivity contribution < 1.29 is 0 Å². The van der Waals surface area contributed by atoms with E-state index in [9.17, 15) is 0 Å². The van der Waals surface area contributed by atoms with Crippen LogP contribution in [0.25, 0.3) is 11.0 Å². The van der Waals surface area contributed by atoms with Gasteiger partial charge in [-0.25, -0.2) is 4.98 Å². The summed E-state index contributed by atoms with van der Waals surface area (Å²) in [4.78, 5) is 6.91. The number of rotatable bonds is 2. The van der Waals surface area contributed by atoms with Crippen LogP contribution in [0.2, 0.25) is 0 Å². The summed E-state index contributed by atoms with van der Waals surface area (Å²) in [5.74, 6) is 1.06. The van der Waals surface area contributed by atoms with E-state index in [1.165, 1.54) is 11.2 Å². The Bertz CT molecular complexity index is 554. The Balaban J connectivity index is 2.01. The molecule has 0 atom stereocenters. The van der Waals surface area contributed by atoms with Crippen LogP contribution in [0.1, 0.15) is 5.82 Å². The maximum atomic E-state index is 4.58. The molecule has 1 aliphatic rings. The van der Waals surface area contributed by atoms with Gasteiger partial charge in [0.25, 0.3) is 0 Å². The van der Waals surface area contributed by atoms with Gasteiger partial charge in [0.05, 0.1) is 17.1 Å². The van der Waals surface area contributed by atoms with Gasteiger partial charge >= 0.3 is 0 Å². The van der Waals surface area contributed by atoms with E-state index in [1.807, 2.05) is 6.92 Å². The van der Waals surface area contributed by atoms with E-state index >= 15 is 0 Å². The molecule has 0 radical (unpaired) electrons. The van der Waals surface area contributed by atoms with Crippen molar-refractivity contribution in [3.8, 4) is 0 Å². The van der Waals surface area contributed by atoms with E-state index in [0.29, 0.717) is 6.04 Å². The fourth-order valence-corrected chi connectivity index (χ4v) is 2.29. The second-order valence-electron chi connectivity index (χ2n) is 4.81. The lowest BCUT2D eigenvalue weighted by Crippen LogP contribution is -2.56. The number of nitrogens with zero attached hydrogens (tertiary/aromatic N) is 3. The molecule has 0 spiro atoms. The minimum absolute atomic E-state index is 0.622. The van der Waals surface area contributed by atoms with Gasteiger partial charge in [0, 0.05) is 32.9 Å². The zero-order valence-corrected chi connectivity index (χ0v) is 10.6. The largest absolute Gasteiger partial charge is 0.369 e. The van der Waals surface area contributed by atoms with Crippen molar-refractivity contribution in [2.75, 3.05) is 25.0 Å². The minimum Gasteiger partial charge on any atom is -0.369 e. The first-order valence-corrected chi connectivity index (χ1v) is 6.03. The lowest BCUT2D eigenvalue weighted by Gasteiger charge is -2.37. The fraction of sp³-hybridized carbons (Fsp3) is 0.462. The first kappa shape index (κ1) is 10.6. The highest BCUT2D eigenvalue weighted by Gasteiger charge is 2.22. The molecule has 17 heavy (non-hydrogen) atoms. The molecule has 0 unspecified atom stereocenters. The summed E-state index contributed by atoms with van der Waals surface area (Å²) in [6.45, 7) is 4.20. The number of likely N-dealkylation sites (N-methyl/N-ethyl adjacent to an activating group) is 1. The highest BCUT2D eigenvalue weighted by molar-refractivity contribution is 5.80. The zero-order chi connectivity index (χ0) is 12.0. The average molecular weight is 230 g/mol. The molecule has 2 heterocycles. The third kappa shape index (κ3) is 1.60. The SMILES string of the molecule is Cc1nc2cc(N(C)C3CNC3)ccc2n1C. The van der Waals surface area contributed by atoms with Crippen LogP contribution in [-0.4, -0.2) is 35.7 Å². The molecular formula is C13H18N4. The molecule has 4 nitrogen and oxygen atoms in total. The van der Waals surface area contributed by atoms with Gasteiger partial charge in [0.1, 0.15) is 5.82 Å². The lowest BCUT2D eigenvalue weighted by molar-refractivity contribution is 0.429. The van der Waals surface area contributed by atoms with Crippen LogP contribution in [0.4, 0.5) is 5.69 Å². The van der Waals surface area contributed by atoms with Gasteiger partial charge in [-0.05, 0) is 25.1 Å². The summed E-state index contributed by atoms with van der Waals surface area (Å²) in [6.07, 6.45) is 0. The third-order valence-electron chi connectivity index (χ3n) is 3.80. The molecule has 2 aromatic rings. The average Bonchev–Trinajstić information content (AvgIpc) is 2.52. The van der Waals surface area contributed by atoms with Crippen molar-refractivity contribution in [2.45, 2.75) is 13.0 Å². The van der Waals surface area contributed by atoms with E-state index in [2.05, 4.69) is 52.1 Å². The number of imidazole rings is 1. The predicted octanol–water partition coefficient (Wildman–Crippen LogP) is 1.29. The smallest absolute Gasteiger partial charge is 0.106 e. The van der Waals surface area contributed by atoms with Crippen LogP contribution in [0.15, 0.2) is 18.2 Å². The molecule has 1 fully saturated rings. The number of anilines is 1. The normalized spacial score (nSPS) is 16.2. The van der Waals surface area contributed by atoms with Gasteiger partial charge in [-0.3, -0.25) is 0 Å². The number of benzene rings is 1. The highest BCUT2D eigenvalue weighted by Crippen LogP contribution is 2.23. The summed E-state index contributed by atoms with van der Waals surface area (Å²) in [6, 6.07) is 7.15. The standard InChI is InChI=1S/C13H18N4/c1-9-15-12-6-10(4-5-13(12)16(9)2)17(3)11-7-14-8-11/h4-6,11,14H,7-8H2,1-3H3. The number of aromatic nitrogens is 2. The van der Waals surface area contributed by atoms with Crippen LogP contribution in [0.3, 0.4) is 0 Å². The van der Waals surface area contributed by atoms with Gasteiger partial charge in [-0.2, -0.15) is 0 Å². The predicted molar refractivity (Wildman–Crippen MR) is 70.5 cm³/mol. The number of aryl methyl sites for hydroxylation is 2. The van der Waals surface area contributed by atoms with E-state index in [4.69, 9.17) is 0 Å². The summed E-state index contributed by atoms with van der Waals surface area (Å²) < 4.78 is 2.13. The molecule has 0 amide bonds. The van der Waals surface area contributed by atoms with E-state index in [1.54, 1.807) is 0 Å². The fourth-order valence-electron chi connectivity index (χ4n) is 2.29. The number of hydrogen-bond acceptors (Lipinski definition) is 3. The Morgan fingerprint density at radius 1 is 1.41 bits per heavy atom. The zero-order valence-electron chi connectivity index (χ0n) is 10.6. The van der Waals surface area contributed by atoms with Crippen molar-refractivity contribution in [3.63, 3.8) is 0 Å². The first-order valence-electron chi connectivity index (χ1n) is 6.03. The lowest BCUT2D eigenvalue weighted by atomic mass is 10.1. The molecule has 1 N–H and O–H groups in total. The molecule has 1 aliphatic heterocycles. The van der Waals surface area contributed by atoms with Gasteiger partial charge < -0.3 is 14.8 Å². The van der Waals surface area contributed by atoms with Crippen molar-refractivity contribution >= 4 is 16.7 Å². The Morgan fingerprint density at radius 3 is 2.82 bits per heavy atom. The van der Waals surface area contributed by atoms with Gasteiger partial charge in [0.2, 0.25) is 0 Å². The van der Waals surface area contributed by atoms with Crippen LogP contribution in [0, 0.1) is 6.92 Å². The molecule has 1 saturated heterocycles. The van der Waals surface area contributed by atoms with Gasteiger partial charge in [-0.15, -0.1) is 0 Å². The van der Waals surface area contributed by atoms with Crippen molar-refractivity contribution in [1.29, 1.82) is 0 Å². The highest BCUT2D eigenvalue weighted by atomic mass is 15.2. The summed E-state index contributed by atoms with van der Waals surface area (Å²) in [5.41, 5.74) is 3.54. The quantitative estimate of drug-likeness (QED) is 0.844.